The topological polar surface area (TPSA) is 113 Å². The first-order chi connectivity index (χ1) is 16.0. The largest absolute Gasteiger partial charge is 0.497 e. The summed E-state index contributed by atoms with van der Waals surface area (Å²) in [6.45, 7) is 0.128. The molecule has 11 heteroatoms. The van der Waals surface area contributed by atoms with Gasteiger partial charge in [-0.3, -0.25) is 14.2 Å². The molecule has 1 N–H and O–H groups in total. The minimum Gasteiger partial charge on any atom is -0.497 e. The van der Waals surface area contributed by atoms with E-state index < -0.39 is 5.69 Å². The molecule has 33 heavy (non-hydrogen) atoms. The lowest BCUT2D eigenvalue weighted by molar-refractivity contribution is -0.122. The van der Waals surface area contributed by atoms with Gasteiger partial charge in [0.15, 0.2) is 0 Å². The summed E-state index contributed by atoms with van der Waals surface area (Å²) in [6.07, 6.45) is 1.51. The van der Waals surface area contributed by atoms with Crippen molar-refractivity contribution in [3.8, 4) is 5.75 Å². The second-order valence-electron chi connectivity index (χ2n) is 7.31. The number of furan rings is 1. The molecule has 168 valence electrons. The molecule has 1 aromatic carbocycles. The zero-order chi connectivity index (χ0) is 22.9. The van der Waals surface area contributed by atoms with Gasteiger partial charge >= 0.3 is 5.69 Å². The fourth-order valence-corrected chi connectivity index (χ4v) is 4.40. The second-order valence-corrected chi connectivity index (χ2v) is 8.22. The van der Waals surface area contributed by atoms with Crippen molar-refractivity contribution >= 4 is 33.2 Å². The van der Waals surface area contributed by atoms with Gasteiger partial charge in [0.25, 0.3) is 5.56 Å². The highest BCUT2D eigenvalue weighted by molar-refractivity contribution is 7.17. The number of hydrogen-bond donors (Lipinski definition) is 1. The van der Waals surface area contributed by atoms with E-state index in [1.165, 1.54) is 26.6 Å². The van der Waals surface area contributed by atoms with E-state index in [1.807, 2.05) is 12.1 Å². The van der Waals surface area contributed by atoms with Crippen LogP contribution in [-0.2, 0) is 24.4 Å². The van der Waals surface area contributed by atoms with Gasteiger partial charge in [-0.25, -0.2) is 13.9 Å². The minimum absolute atomic E-state index is 0.114. The number of thiophene rings is 1. The van der Waals surface area contributed by atoms with E-state index in [0.717, 1.165) is 16.0 Å². The molecule has 0 fully saturated rings. The molecule has 0 saturated heterocycles. The molecular formula is C22H19N5O5S. The SMILES string of the molecule is COc1ccc(CNC(=O)Cn2nc3n(Cc4ccco4)c(=O)c4sccc4n3c2=O)cc1. The van der Waals surface area contributed by atoms with Gasteiger partial charge in [0.2, 0.25) is 11.7 Å². The third-order valence-corrected chi connectivity index (χ3v) is 6.12. The van der Waals surface area contributed by atoms with Gasteiger partial charge < -0.3 is 14.5 Å². The highest BCUT2D eigenvalue weighted by Crippen LogP contribution is 2.18. The monoisotopic (exact) mass is 465 g/mol. The quantitative estimate of drug-likeness (QED) is 0.393. The minimum atomic E-state index is -0.499. The first kappa shape index (κ1) is 20.8. The molecule has 0 aliphatic heterocycles. The summed E-state index contributed by atoms with van der Waals surface area (Å²) >= 11 is 1.25. The van der Waals surface area contributed by atoms with Crippen molar-refractivity contribution in [2.24, 2.45) is 0 Å². The van der Waals surface area contributed by atoms with Crippen molar-refractivity contribution in [2.45, 2.75) is 19.6 Å². The summed E-state index contributed by atoms with van der Waals surface area (Å²) in [5.41, 5.74) is 0.579. The average Bonchev–Trinajstić information content (AvgIpc) is 3.57. The van der Waals surface area contributed by atoms with E-state index in [1.54, 1.807) is 42.8 Å². The summed E-state index contributed by atoms with van der Waals surface area (Å²) in [7, 11) is 1.58. The number of nitrogens with one attached hydrogen (secondary N) is 1. The average molecular weight is 465 g/mol. The number of aromatic nitrogens is 4. The van der Waals surface area contributed by atoms with E-state index in [2.05, 4.69) is 10.4 Å². The number of amides is 1. The number of benzene rings is 1. The summed E-state index contributed by atoms with van der Waals surface area (Å²) in [5.74, 6) is 1.05. The Labute approximate surface area is 190 Å². The van der Waals surface area contributed by atoms with Gasteiger partial charge in [-0.2, -0.15) is 0 Å². The van der Waals surface area contributed by atoms with E-state index in [9.17, 15) is 14.4 Å². The number of carbonyl (C=O) groups is 1. The van der Waals surface area contributed by atoms with Gasteiger partial charge in [-0.15, -0.1) is 16.4 Å². The molecular weight excluding hydrogens is 446 g/mol. The normalized spacial score (nSPS) is 11.3. The Bertz CT molecular complexity index is 1560. The smallest absolute Gasteiger partial charge is 0.352 e. The van der Waals surface area contributed by atoms with E-state index in [-0.39, 0.29) is 30.3 Å². The summed E-state index contributed by atoms with van der Waals surface area (Å²) < 4.78 is 14.7. The van der Waals surface area contributed by atoms with E-state index >= 15 is 0 Å². The fraction of sp³-hybridized carbons (Fsp3) is 0.182. The van der Waals surface area contributed by atoms with Crippen molar-refractivity contribution in [1.29, 1.82) is 0 Å². The first-order valence-electron chi connectivity index (χ1n) is 10.1. The maximum atomic E-state index is 13.1. The van der Waals surface area contributed by atoms with Crippen molar-refractivity contribution < 1.29 is 13.9 Å². The van der Waals surface area contributed by atoms with Crippen LogP contribution in [0.5, 0.6) is 5.75 Å². The Hall–Kier alpha value is -4.12. The molecule has 0 spiro atoms. The Kier molecular flexibility index (Phi) is 5.31. The van der Waals surface area contributed by atoms with Crippen LogP contribution in [0.1, 0.15) is 11.3 Å². The molecule has 0 radical (unpaired) electrons. The molecule has 5 rings (SSSR count). The lowest BCUT2D eigenvalue weighted by atomic mass is 10.2. The van der Waals surface area contributed by atoms with Crippen molar-refractivity contribution in [3.05, 3.63) is 86.3 Å². The number of hydrogen-bond acceptors (Lipinski definition) is 7. The number of rotatable bonds is 7. The maximum Gasteiger partial charge on any atom is 0.352 e. The lowest BCUT2D eigenvalue weighted by Gasteiger charge is -2.06. The van der Waals surface area contributed by atoms with Crippen molar-refractivity contribution in [2.75, 3.05) is 7.11 Å². The van der Waals surface area contributed by atoms with Crippen LogP contribution in [0.15, 0.2) is 68.1 Å². The molecule has 5 aromatic rings. The molecule has 0 aliphatic rings. The van der Waals surface area contributed by atoms with Crippen LogP contribution in [0.2, 0.25) is 0 Å². The van der Waals surface area contributed by atoms with Crippen molar-refractivity contribution in [3.63, 3.8) is 0 Å². The second kappa shape index (κ2) is 8.43. The summed E-state index contributed by atoms with van der Waals surface area (Å²) in [5, 5.41) is 8.84. The van der Waals surface area contributed by atoms with Crippen LogP contribution in [0.25, 0.3) is 16.0 Å². The van der Waals surface area contributed by atoms with E-state index in [0.29, 0.717) is 22.5 Å². The van der Waals surface area contributed by atoms with Crippen LogP contribution >= 0.6 is 11.3 Å². The van der Waals surface area contributed by atoms with Gasteiger partial charge in [-0.1, -0.05) is 12.1 Å². The maximum absolute atomic E-state index is 13.1. The highest BCUT2D eigenvalue weighted by Gasteiger charge is 2.20. The van der Waals surface area contributed by atoms with Crippen molar-refractivity contribution in [1.82, 2.24) is 24.1 Å². The van der Waals surface area contributed by atoms with E-state index in [4.69, 9.17) is 9.15 Å². The van der Waals surface area contributed by atoms with Crippen LogP contribution in [0.3, 0.4) is 0 Å². The summed E-state index contributed by atoms with van der Waals surface area (Å²) in [4.78, 5) is 38.7. The number of methoxy groups -OCH3 is 1. The number of fused-ring (bicyclic) bond motifs is 3. The predicted octanol–water partition coefficient (Wildman–Crippen LogP) is 1.84. The van der Waals surface area contributed by atoms with Gasteiger partial charge in [-0.05, 0) is 41.3 Å². The van der Waals surface area contributed by atoms with Crippen LogP contribution in [0.4, 0.5) is 0 Å². The van der Waals surface area contributed by atoms with Gasteiger partial charge in [0.1, 0.15) is 22.8 Å². The third kappa shape index (κ3) is 3.82. The number of carbonyl (C=O) groups excluding carboxylic acids is 1. The van der Waals surface area contributed by atoms with Crippen LogP contribution in [0, 0.1) is 0 Å². The standard InChI is InChI=1S/C22H19N5O5S/c1-31-15-6-4-14(5-7-15)11-23-18(28)13-26-22(30)27-17-8-10-33-19(17)20(29)25(21(27)24-26)12-16-3-2-9-32-16/h2-10H,11-13H2,1H3,(H,23,28). The fourth-order valence-electron chi connectivity index (χ4n) is 3.57. The molecule has 0 atom stereocenters. The zero-order valence-corrected chi connectivity index (χ0v) is 18.4. The molecule has 0 bridgehead atoms. The molecule has 4 heterocycles. The Morgan fingerprint density at radius 3 is 2.73 bits per heavy atom. The Balaban J connectivity index is 1.46. The lowest BCUT2D eigenvalue weighted by Crippen LogP contribution is -2.32. The molecule has 0 saturated carbocycles. The van der Waals surface area contributed by atoms with Gasteiger partial charge in [0, 0.05) is 6.54 Å². The zero-order valence-electron chi connectivity index (χ0n) is 17.6. The first-order valence-corrected chi connectivity index (χ1v) is 10.9. The Morgan fingerprint density at radius 2 is 2.00 bits per heavy atom. The molecule has 4 aromatic heterocycles. The van der Waals surface area contributed by atoms with Crippen LogP contribution in [-0.4, -0.2) is 31.8 Å². The van der Waals surface area contributed by atoms with Gasteiger partial charge in [0.05, 0.1) is 25.4 Å². The number of ether oxygens (including phenoxy) is 1. The van der Waals surface area contributed by atoms with Crippen LogP contribution < -0.4 is 21.3 Å². The molecule has 0 unspecified atom stereocenters. The summed E-state index contributed by atoms with van der Waals surface area (Å²) in [6, 6.07) is 12.5. The molecule has 1 amide bonds. The Morgan fingerprint density at radius 1 is 1.18 bits per heavy atom. The predicted molar refractivity (Wildman–Crippen MR) is 122 cm³/mol. The molecule has 0 aliphatic carbocycles. The highest BCUT2D eigenvalue weighted by atomic mass is 32.1. The number of nitrogens with zero attached hydrogens (tertiary/aromatic N) is 4. The molecule has 10 nitrogen and oxygen atoms in total. The third-order valence-electron chi connectivity index (χ3n) is 5.22.